The second-order valence-corrected chi connectivity index (χ2v) is 5.61. The van der Waals surface area contributed by atoms with Gasteiger partial charge < -0.3 is 9.73 Å². The Morgan fingerprint density at radius 2 is 1.89 bits per heavy atom. The predicted molar refractivity (Wildman–Crippen MR) is 76.8 cm³/mol. The van der Waals surface area contributed by atoms with Gasteiger partial charge in [-0.15, -0.1) is 0 Å². The van der Waals surface area contributed by atoms with E-state index in [0.29, 0.717) is 11.8 Å². The summed E-state index contributed by atoms with van der Waals surface area (Å²) < 4.78 is 5.84. The highest BCUT2D eigenvalue weighted by molar-refractivity contribution is 5.77. The first kappa shape index (κ1) is 13.2. The van der Waals surface area contributed by atoms with Crippen molar-refractivity contribution in [1.82, 2.24) is 5.32 Å². The summed E-state index contributed by atoms with van der Waals surface area (Å²) in [4.78, 5) is 0. The summed E-state index contributed by atoms with van der Waals surface area (Å²) in [6, 6.07) is 10.4. The van der Waals surface area contributed by atoms with Gasteiger partial charge in [0, 0.05) is 11.8 Å². The molecule has 2 heteroatoms. The molecule has 2 nitrogen and oxygen atoms in total. The topological polar surface area (TPSA) is 25.2 Å². The molecule has 18 heavy (non-hydrogen) atoms. The van der Waals surface area contributed by atoms with E-state index in [1.165, 1.54) is 5.39 Å². The van der Waals surface area contributed by atoms with Gasteiger partial charge in [-0.1, -0.05) is 39.0 Å². The van der Waals surface area contributed by atoms with Gasteiger partial charge in [-0.2, -0.15) is 0 Å². The highest BCUT2D eigenvalue weighted by Gasteiger charge is 2.08. The molecule has 1 aromatic carbocycles. The summed E-state index contributed by atoms with van der Waals surface area (Å²) in [5.74, 6) is 2.41. The molecular formula is C16H23NO. The quantitative estimate of drug-likeness (QED) is 0.836. The Morgan fingerprint density at radius 1 is 1.11 bits per heavy atom. The van der Waals surface area contributed by atoms with E-state index < -0.39 is 0 Å². The van der Waals surface area contributed by atoms with Crippen LogP contribution in [0.1, 0.15) is 26.5 Å². The number of furan rings is 1. The van der Waals surface area contributed by atoms with Gasteiger partial charge in [0.2, 0.25) is 0 Å². The Kier molecular flexibility index (Phi) is 4.43. The molecule has 0 amide bonds. The van der Waals surface area contributed by atoms with Gasteiger partial charge in [-0.3, -0.25) is 0 Å². The summed E-state index contributed by atoms with van der Waals surface area (Å²) in [5.41, 5.74) is 0.995. The van der Waals surface area contributed by atoms with Crippen LogP contribution in [0, 0.1) is 11.8 Å². The number of nitrogens with one attached hydrogen (secondary N) is 1. The summed E-state index contributed by atoms with van der Waals surface area (Å²) in [6.45, 7) is 8.87. The number of fused-ring (bicyclic) bond motifs is 1. The molecule has 0 aliphatic heterocycles. The van der Waals surface area contributed by atoms with Crippen LogP contribution in [-0.2, 0) is 6.42 Å². The van der Waals surface area contributed by atoms with Crippen LogP contribution in [0.3, 0.4) is 0 Å². The number of para-hydroxylation sites is 1. The molecule has 1 unspecified atom stereocenters. The maximum absolute atomic E-state index is 5.84. The molecule has 2 aromatic rings. The van der Waals surface area contributed by atoms with Crippen molar-refractivity contribution in [2.24, 2.45) is 11.8 Å². The zero-order valence-corrected chi connectivity index (χ0v) is 11.6. The average Bonchev–Trinajstić information content (AvgIpc) is 2.70. The minimum Gasteiger partial charge on any atom is -0.461 e. The lowest BCUT2D eigenvalue weighted by molar-refractivity contribution is 0.438. The summed E-state index contributed by atoms with van der Waals surface area (Å²) in [5, 5.41) is 4.70. The molecule has 98 valence electrons. The zero-order chi connectivity index (χ0) is 13.0. The number of hydrogen-bond donors (Lipinski definition) is 1. The summed E-state index contributed by atoms with van der Waals surface area (Å²) >= 11 is 0. The van der Waals surface area contributed by atoms with Crippen molar-refractivity contribution in [2.45, 2.75) is 27.2 Å². The van der Waals surface area contributed by atoms with Gasteiger partial charge in [0.25, 0.3) is 0 Å². The molecule has 1 atom stereocenters. The highest BCUT2D eigenvalue weighted by atomic mass is 16.3. The smallest absolute Gasteiger partial charge is 0.134 e. The predicted octanol–water partition coefficient (Wildman–Crippen LogP) is 3.86. The third kappa shape index (κ3) is 3.61. The summed E-state index contributed by atoms with van der Waals surface area (Å²) in [6.07, 6.45) is 1.000. The molecule has 0 bridgehead atoms. The first-order valence-corrected chi connectivity index (χ1v) is 6.83. The van der Waals surface area contributed by atoms with Crippen molar-refractivity contribution in [1.29, 1.82) is 0 Å². The third-order valence-corrected chi connectivity index (χ3v) is 3.07. The molecule has 0 aliphatic carbocycles. The maximum atomic E-state index is 5.84. The van der Waals surface area contributed by atoms with E-state index in [2.05, 4.69) is 44.3 Å². The fourth-order valence-electron chi connectivity index (χ4n) is 2.17. The van der Waals surface area contributed by atoms with Crippen molar-refractivity contribution in [3.05, 3.63) is 36.1 Å². The second kappa shape index (κ2) is 6.05. The number of hydrogen-bond acceptors (Lipinski definition) is 2. The molecule has 0 saturated heterocycles. The van der Waals surface area contributed by atoms with Crippen LogP contribution in [0.5, 0.6) is 0 Å². The van der Waals surface area contributed by atoms with Crippen LogP contribution in [0.25, 0.3) is 11.0 Å². The minimum atomic E-state index is 0.601. The Hall–Kier alpha value is -1.28. The van der Waals surface area contributed by atoms with E-state index in [-0.39, 0.29) is 0 Å². The molecule has 2 rings (SSSR count). The van der Waals surface area contributed by atoms with E-state index >= 15 is 0 Å². The van der Waals surface area contributed by atoms with E-state index in [1.807, 2.05) is 12.1 Å². The molecule has 1 aromatic heterocycles. The number of rotatable bonds is 6. The fraction of sp³-hybridized carbons (Fsp3) is 0.500. The second-order valence-electron chi connectivity index (χ2n) is 5.61. The SMILES string of the molecule is CC(C)CNCC(C)Cc1cc2ccccc2o1. The van der Waals surface area contributed by atoms with E-state index in [0.717, 1.165) is 30.9 Å². The third-order valence-electron chi connectivity index (χ3n) is 3.07. The van der Waals surface area contributed by atoms with Gasteiger partial charge in [0.15, 0.2) is 0 Å². The van der Waals surface area contributed by atoms with Crippen LogP contribution in [0.15, 0.2) is 34.7 Å². The molecule has 0 aliphatic rings. The van der Waals surface area contributed by atoms with Crippen molar-refractivity contribution < 1.29 is 4.42 Å². The van der Waals surface area contributed by atoms with Crippen LogP contribution >= 0.6 is 0 Å². The molecule has 1 N–H and O–H groups in total. The van der Waals surface area contributed by atoms with Gasteiger partial charge in [-0.05, 0) is 37.1 Å². The molecular weight excluding hydrogens is 222 g/mol. The first-order valence-electron chi connectivity index (χ1n) is 6.83. The zero-order valence-electron chi connectivity index (χ0n) is 11.6. The van der Waals surface area contributed by atoms with Gasteiger partial charge >= 0.3 is 0 Å². The fourth-order valence-corrected chi connectivity index (χ4v) is 2.17. The molecule has 0 fully saturated rings. The molecule has 0 radical (unpaired) electrons. The lowest BCUT2D eigenvalue weighted by Crippen LogP contribution is -2.26. The maximum Gasteiger partial charge on any atom is 0.134 e. The standard InChI is InChI=1S/C16H23NO/c1-12(2)10-17-11-13(3)8-15-9-14-6-4-5-7-16(14)18-15/h4-7,9,12-13,17H,8,10-11H2,1-3H3. The summed E-state index contributed by atoms with van der Waals surface area (Å²) in [7, 11) is 0. The van der Waals surface area contributed by atoms with E-state index in [4.69, 9.17) is 4.42 Å². The highest BCUT2D eigenvalue weighted by Crippen LogP contribution is 2.20. The Morgan fingerprint density at radius 3 is 2.61 bits per heavy atom. The lowest BCUT2D eigenvalue weighted by Gasteiger charge is -2.12. The van der Waals surface area contributed by atoms with Crippen molar-refractivity contribution in [2.75, 3.05) is 13.1 Å². The minimum absolute atomic E-state index is 0.601. The molecule has 1 heterocycles. The lowest BCUT2D eigenvalue weighted by atomic mass is 10.1. The van der Waals surface area contributed by atoms with Gasteiger partial charge in [0.1, 0.15) is 11.3 Å². The van der Waals surface area contributed by atoms with E-state index in [9.17, 15) is 0 Å². The van der Waals surface area contributed by atoms with Crippen LogP contribution in [0.4, 0.5) is 0 Å². The largest absolute Gasteiger partial charge is 0.461 e. The first-order chi connectivity index (χ1) is 8.65. The van der Waals surface area contributed by atoms with Crippen molar-refractivity contribution in [3.63, 3.8) is 0 Å². The normalized spacial score (nSPS) is 13.3. The monoisotopic (exact) mass is 245 g/mol. The van der Waals surface area contributed by atoms with Crippen LogP contribution < -0.4 is 5.32 Å². The van der Waals surface area contributed by atoms with Crippen LogP contribution in [-0.4, -0.2) is 13.1 Å². The Bertz CT molecular complexity index is 454. The molecule has 0 spiro atoms. The van der Waals surface area contributed by atoms with Crippen molar-refractivity contribution >= 4 is 11.0 Å². The number of benzene rings is 1. The Labute approximate surface area is 109 Å². The van der Waals surface area contributed by atoms with Gasteiger partial charge in [0.05, 0.1) is 0 Å². The Balaban J connectivity index is 1.88. The van der Waals surface area contributed by atoms with Gasteiger partial charge in [-0.25, -0.2) is 0 Å². The molecule has 0 saturated carbocycles. The van der Waals surface area contributed by atoms with Crippen LogP contribution in [0.2, 0.25) is 0 Å². The average molecular weight is 245 g/mol. The van der Waals surface area contributed by atoms with Crippen molar-refractivity contribution in [3.8, 4) is 0 Å². The van der Waals surface area contributed by atoms with E-state index in [1.54, 1.807) is 0 Å².